The number of nitrogens with zero attached hydrogens (tertiary/aromatic N) is 3. The Morgan fingerprint density at radius 3 is 2.24 bits per heavy atom. The SMILES string of the molecule is Cl.Cl.Nc1ccc(-c2nc(C(F)(F)F)n3c2CN(C(=O)CC(N)Cc2cc(F)c(F)cc2F)CC3)cc1. The van der Waals surface area contributed by atoms with Crippen molar-refractivity contribution >= 4 is 36.4 Å². The third-order valence-corrected chi connectivity index (χ3v) is 5.81. The fourth-order valence-electron chi connectivity index (χ4n) is 4.10. The Kier molecular flexibility index (Phi) is 9.50. The van der Waals surface area contributed by atoms with Crippen LogP contribution in [0.15, 0.2) is 36.4 Å². The second-order valence-corrected chi connectivity index (χ2v) is 8.34. The van der Waals surface area contributed by atoms with Gasteiger partial charge in [0.05, 0.1) is 17.9 Å². The van der Waals surface area contributed by atoms with E-state index in [4.69, 9.17) is 11.5 Å². The Morgan fingerprint density at radius 1 is 1.00 bits per heavy atom. The lowest BCUT2D eigenvalue weighted by Crippen LogP contribution is -2.42. The lowest BCUT2D eigenvalue weighted by molar-refractivity contribution is -0.148. The Balaban J connectivity index is 0.00000241. The second-order valence-electron chi connectivity index (χ2n) is 8.34. The number of hydrogen-bond acceptors (Lipinski definition) is 4. The molecule has 3 aromatic rings. The van der Waals surface area contributed by atoms with E-state index in [0.29, 0.717) is 23.4 Å². The summed E-state index contributed by atoms with van der Waals surface area (Å²) in [5.41, 5.74) is 12.6. The molecular weight excluding hydrogens is 547 g/mol. The monoisotopic (exact) mass is 569 g/mol. The highest BCUT2D eigenvalue weighted by molar-refractivity contribution is 5.85. The molecule has 0 saturated carbocycles. The van der Waals surface area contributed by atoms with Crippen LogP contribution in [0.2, 0.25) is 0 Å². The van der Waals surface area contributed by atoms with Crippen molar-refractivity contribution < 1.29 is 31.1 Å². The maximum absolute atomic E-state index is 13.9. The number of alkyl halides is 3. The summed E-state index contributed by atoms with van der Waals surface area (Å²) in [6, 6.07) is 6.34. The largest absolute Gasteiger partial charge is 0.449 e. The van der Waals surface area contributed by atoms with E-state index in [-0.39, 0.29) is 74.2 Å². The molecule has 14 heteroatoms. The molecule has 0 radical (unpaired) electrons. The highest BCUT2D eigenvalue weighted by Crippen LogP contribution is 2.36. The number of fused-ring (bicyclic) bond motifs is 1. The Morgan fingerprint density at radius 2 is 1.62 bits per heavy atom. The minimum Gasteiger partial charge on any atom is -0.399 e. The van der Waals surface area contributed by atoms with Gasteiger partial charge in [0.1, 0.15) is 5.82 Å². The van der Waals surface area contributed by atoms with E-state index in [2.05, 4.69) is 4.98 Å². The van der Waals surface area contributed by atoms with Crippen LogP contribution in [-0.2, 0) is 30.5 Å². The molecule has 1 aliphatic heterocycles. The van der Waals surface area contributed by atoms with Crippen LogP contribution in [0.4, 0.5) is 32.0 Å². The van der Waals surface area contributed by atoms with Gasteiger partial charge in [-0.3, -0.25) is 4.79 Å². The molecule has 0 fully saturated rings. The average molecular weight is 570 g/mol. The quantitative estimate of drug-likeness (QED) is 0.264. The number of nitrogen functional groups attached to an aromatic ring is 1. The van der Waals surface area contributed by atoms with Gasteiger partial charge in [0.15, 0.2) is 11.6 Å². The third-order valence-electron chi connectivity index (χ3n) is 5.81. The van der Waals surface area contributed by atoms with E-state index in [1.165, 1.54) is 17.0 Å². The van der Waals surface area contributed by atoms with Crippen LogP contribution in [0, 0.1) is 17.5 Å². The number of imidazole rings is 1. The minimum atomic E-state index is -4.69. The number of anilines is 1. The van der Waals surface area contributed by atoms with Crippen molar-refractivity contribution in [2.75, 3.05) is 12.3 Å². The van der Waals surface area contributed by atoms with Crippen LogP contribution in [0.25, 0.3) is 11.3 Å². The van der Waals surface area contributed by atoms with Crippen molar-refractivity contribution in [1.29, 1.82) is 0 Å². The van der Waals surface area contributed by atoms with Gasteiger partial charge in [0.2, 0.25) is 11.7 Å². The van der Waals surface area contributed by atoms with Crippen LogP contribution >= 0.6 is 24.8 Å². The Labute approximate surface area is 220 Å². The molecule has 1 unspecified atom stereocenters. The number of aromatic nitrogens is 2. The number of carbonyl (C=O) groups excluding carboxylic acids is 1. The molecular formula is C23H23Cl2F6N5O. The van der Waals surface area contributed by atoms with Crippen molar-refractivity contribution in [2.45, 2.75) is 38.1 Å². The summed E-state index contributed by atoms with van der Waals surface area (Å²) in [4.78, 5) is 18.0. The van der Waals surface area contributed by atoms with Gasteiger partial charge in [-0.1, -0.05) is 12.1 Å². The molecule has 37 heavy (non-hydrogen) atoms. The number of benzene rings is 2. The Hall–Kier alpha value is -2.96. The molecule has 2 aromatic carbocycles. The number of amides is 1. The zero-order valence-electron chi connectivity index (χ0n) is 19.1. The van der Waals surface area contributed by atoms with Crippen LogP contribution in [0.3, 0.4) is 0 Å². The topological polar surface area (TPSA) is 90.2 Å². The van der Waals surface area contributed by atoms with Crippen LogP contribution in [-0.4, -0.2) is 32.9 Å². The predicted octanol–water partition coefficient (Wildman–Crippen LogP) is 4.71. The normalized spacial score (nSPS) is 13.9. The number of carbonyl (C=O) groups is 1. The molecule has 4 rings (SSSR count). The molecule has 0 aliphatic carbocycles. The number of hydrogen-bond donors (Lipinski definition) is 2. The molecule has 1 amide bonds. The molecule has 2 heterocycles. The summed E-state index contributed by atoms with van der Waals surface area (Å²) < 4.78 is 82.4. The fraction of sp³-hybridized carbons (Fsp3) is 0.304. The fourth-order valence-corrected chi connectivity index (χ4v) is 4.10. The Bertz CT molecular complexity index is 1270. The summed E-state index contributed by atoms with van der Waals surface area (Å²) in [5.74, 6) is -5.08. The van der Waals surface area contributed by atoms with Crippen LogP contribution in [0.5, 0.6) is 0 Å². The molecule has 4 N–H and O–H groups in total. The van der Waals surface area contributed by atoms with Crippen molar-refractivity contribution in [3.63, 3.8) is 0 Å². The van der Waals surface area contributed by atoms with Gasteiger partial charge >= 0.3 is 6.18 Å². The zero-order chi connectivity index (χ0) is 25.5. The molecule has 202 valence electrons. The number of rotatable bonds is 5. The minimum absolute atomic E-state index is 0. The first kappa shape index (κ1) is 30.3. The zero-order valence-corrected chi connectivity index (χ0v) is 20.7. The maximum atomic E-state index is 13.9. The molecule has 1 atom stereocenters. The highest BCUT2D eigenvalue weighted by atomic mass is 35.5. The smallest absolute Gasteiger partial charge is 0.399 e. The predicted molar refractivity (Wildman–Crippen MR) is 130 cm³/mol. The van der Waals surface area contributed by atoms with E-state index in [1.807, 2.05) is 0 Å². The third kappa shape index (κ3) is 6.49. The van der Waals surface area contributed by atoms with Gasteiger partial charge in [-0.05, 0) is 30.2 Å². The first-order chi connectivity index (χ1) is 16.4. The molecule has 0 spiro atoms. The van der Waals surface area contributed by atoms with Gasteiger partial charge in [0.25, 0.3) is 0 Å². The average Bonchev–Trinajstić information content (AvgIpc) is 3.17. The maximum Gasteiger partial charge on any atom is 0.449 e. The standard InChI is InChI=1S/C23H21F6N5O.2ClH/c24-16-10-18(26)17(25)8-13(16)7-15(31)9-20(35)33-5-6-34-19(11-33)21(32-22(34)23(27,28)29)12-1-3-14(30)4-2-12;;/h1-4,8,10,15H,5-7,9,11,30-31H2;2*1H. The molecule has 6 nitrogen and oxygen atoms in total. The van der Waals surface area contributed by atoms with E-state index in [0.717, 1.165) is 4.57 Å². The molecule has 0 bridgehead atoms. The number of nitrogens with two attached hydrogens (primary N) is 2. The van der Waals surface area contributed by atoms with Crippen LogP contribution in [0.1, 0.15) is 23.5 Å². The van der Waals surface area contributed by atoms with E-state index < -0.39 is 41.4 Å². The first-order valence-corrected chi connectivity index (χ1v) is 10.6. The van der Waals surface area contributed by atoms with Crippen molar-refractivity contribution in [3.05, 3.63) is 70.9 Å². The molecule has 1 aromatic heterocycles. The summed E-state index contributed by atoms with van der Waals surface area (Å²) in [6.07, 6.45) is -5.19. The van der Waals surface area contributed by atoms with Crippen LogP contribution < -0.4 is 11.5 Å². The van der Waals surface area contributed by atoms with Gasteiger partial charge < -0.3 is 20.9 Å². The second kappa shape index (κ2) is 11.6. The van der Waals surface area contributed by atoms with Gasteiger partial charge in [-0.2, -0.15) is 13.2 Å². The van der Waals surface area contributed by atoms with Crippen molar-refractivity contribution in [1.82, 2.24) is 14.5 Å². The van der Waals surface area contributed by atoms with Gasteiger partial charge in [-0.25, -0.2) is 18.2 Å². The van der Waals surface area contributed by atoms with E-state index in [1.54, 1.807) is 12.1 Å². The highest BCUT2D eigenvalue weighted by Gasteiger charge is 2.40. The first-order valence-electron chi connectivity index (χ1n) is 10.6. The van der Waals surface area contributed by atoms with Gasteiger partial charge in [-0.15, -0.1) is 24.8 Å². The molecule has 1 aliphatic rings. The van der Waals surface area contributed by atoms with Crippen molar-refractivity contribution in [3.8, 4) is 11.3 Å². The lowest BCUT2D eigenvalue weighted by atomic mass is 10.0. The van der Waals surface area contributed by atoms with Gasteiger partial charge in [0, 0.05) is 42.9 Å². The lowest BCUT2D eigenvalue weighted by Gasteiger charge is -2.30. The van der Waals surface area contributed by atoms with E-state index in [9.17, 15) is 31.1 Å². The summed E-state index contributed by atoms with van der Waals surface area (Å²) in [6.45, 7) is -0.294. The summed E-state index contributed by atoms with van der Waals surface area (Å²) in [7, 11) is 0. The molecule has 0 saturated heterocycles. The number of halogens is 8. The summed E-state index contributed by atoms with van der Waals surface area (Å²) >= 11 is 0. The van der Waals surface area contributed by atoms with E-state index >= 15 is 0 Å². The summed E-state index contributed by atoms with van der Waals surface area (Å²) in [5, 5.41) is 0. The van der Waals surface area contributed by atoms with Crippen molar-refractivity contribution in [2.24, 2.45) is 5.73 Å².